The second-order valence-electron chi connectivity index (χ2n) is 5.07. The molecule has 0 aromatic heterocycles. The van der Waals surface area contributed by atoms with Crippen LogP contribution in [0, 0.1) is 0 Å². The number of benzene rings is 2. The zero-order valence-corrected chi connectivity index (χ0v) is 12.2. The van der Waals surface area contributed by atoms with Crippen molar-refractivity contribution >= 4 is 23.9 Å². The molecular weight excluding hydrogens is 276 g/mol. The number of para-hydroxylation sites is 2. The van der Waals surface area contributed by atoms with E-state index in [1.165, 1.54) is 0 Å². The minimum Gasteiger partial charge on any atom is -0.507 e. The number of aromatic hydroxyl groups is 1. The number of phenols is 1. The van der Waals surface area contributed by atoms with Crippen molar-refractivity contribution in [3.05, 3.63) is 65.9 Å². The number of aliphatic imine (C=N–C) groups is 1. The van der Waals surface area contributed by atoms with Gasteiger partial charge in [-0.1, -0.05) is 36.4 Å². The Morgan fingerprint density at radius 1 is 1.09 bits per heavy atom. The number of anilines is 1. The summed E-state index contributed by atoms with van der Waals surface area (Å²) in [7, 11) is 0. The Morgan fingerprint density at radius 2 is 1.77 bits per heavy atom. The lowest BCUT2D eigenvalue weighted by Gasteiger charge is -2.23. The van der Waals surface area contributed by atoms with Gasteiger partial charge in [-0.2, -0.15) is 0 Å². The molecule has 0 bridgehead atoms. The van der Waals surface area contributed by atoms with Gasteiger partial charge in [-0.15, -0.1) is 0 Å². The first-order chi connectivity index (χ1) is 10.7. The SMILES string of the molecule is CC1=NC(=Cc2ccccc2O)C(C=O)N1c1ccccc1. The van der Waals surface area contributed by atoms with E-state index in [9.17, 15) is 9.90 Å². The van der Waals surface area contributed by atoms with Gasteiger partial charge in [0.15, 0.2) is 0 Å². The van der Waals surface area contributed by atoms with Crippen molar-refractivity contribution in [1.82, 2.24) is 0 Å². The first kappa shape index (κ1) is 14.1. The summed E-state index contributed by atoms with van der Waals surface area (Å²) in [6.45, 7) is 1.87. The van der Waals surface area contributed by atoms with E-state index in [1.54, 1.807) is 24.3 Å². The summed E-state index contributed by atoms with van der Waals surface area (Å²) >= 11 is 0. The van der Waals surface area contributed by atoms with E-state index < -0.39 is 6.04 Å². The minimum absolute atomic E-state index is 0.172. The predicted octanol–water partition coefficient (Wildman–Crippen LogP) is 3.24. The Hall–Kier alpha value is -2.88. The minimum atomic E-state index is -0.484. The van der Waals surface area contributed by atoms with Crippen LogP contribution >= 0.6 is 0 Å². The molecule has 1 aliphatic rings. The Kier molecular flexibility index (Phi) is 3.74. The maximum atomic E-state index is 11.6. The maximum absolute atomic E-state index is 11.6. The predicted molar refractivity (Wildman–Crippen MR) is 88.0 cm³/mol. The number of nitrogens with zero attached hydrogens (tertiary/aromatic N) is 2. The number of aldehydes is 1. The number of phenolic OH excluding ortho intramolecular Hbond substituents is 1. The first-order valence-corrected chi connectivity index (χ1v) is 7.05. The van der Waals surface area contributed by atoms with Crippen LogP contribution in [-0.2, 0) is 4.79 Å². The Bertz CT molecular complexity index is 751. The van der Waals surface area contributed by atoms with E-state index in [0.29, 0.717) is 11.3 Å². The number of hydrogen-bond donors (Lipinski definition) is 1. The van der Waals surface area contributed by atoms with E-state index in [2.05, 4.69) is 4.99 Å². The van der Waals surface area contributed by atoms with Gasteiger partial charge in [0.1, 0.15) is 23.9 Å². The van der Waals surface area contributed by atoms with Crippen molar-refractivity contribution in [2.45, 2.75) is 13.0 Å². The second kappa shape index (κ2) is 5.85. The van der Waals surface area contributed by atoms with Crippen LogP contribution in [0.4, 0.5) is 5.69 Å². The highest BCUT2D eigenvalue weighted by molar-refractivity contribution is 6.05. The molecule has 1 atom stereocenters. The second-order valence-corrected chi connectivity index (χ2v) is 5.07. The molecule has 3 rings (SSSR count). The van der Waals surface area contributed by atoms with Gasteiger partial charge in [0.25, 0.3) is 0 Å². The van der Waals surface area contributed by atoms with Gasteiger partial charge in [-0.3, -0.25) is 0 Å². The summed E-state index contributed by atoms with van der Waals surface area (Å²) < 4.78 is 0. The van der Waals surface area contributed by atoms with Crippen molar-refractivity contribution in [3.63, 3.8) is 0 Å². The van der Waals surface area contributed by atoms with Crippen LogP contribution < -0.4 is 4.90 Å². The molecule has 110 valence electrons. The number of rotatable bonds is 3. The monoisotopic (exact) mass is 292 g/mol. The highest BCUT2D eigenvalue weighted by Crippen LogP contribution is 2.29. The van der Waals surface area contributed by atoms with Crippen LogP contribution in [0.15, 0.2) is 65.3 Å². The highest BCUT2D eigenvalue weighted by Gasteiger charge is 2.30. The van der Waals surface area contributed by atoms with Crippen molar-refractivity contribution < 1.29 is 9.90 Å². The standard InChI is InChI=1S/C18H16N2O2/c1-13-19-16(11-14-7-5-6-10-18(14)22)17(12-21)20(13)15-8-3-2-4-9-15/h2-12,17,22H,1H3. The largest absolute Gasteiger partial charge is 0.507 e. The lowest BCUT2D eigenvalue weighted by molar-refractivity contribution is -0.108. The molecule has 1 aliphatic heterocycles. The van der Waals surface area contributed by atoms with Gasteiger partial charge in [0, 0.05) is 11.3 Å². The number of carbonyl (C=O) groups is 1. The molecule has 2 aromatic rings. The van der Waals surface area contributed by atoms with Gasteiger partial charge >= 0.3 is 0 Å². The average molecular weight is 292 g/mol. The zero-order valence-electron chi connectivity index (χ0n) is 12.2. The lowest BCUT2D eigenvalue weighted by atomic mass is 10.1. The third-order valence-electron chi connectivity index (χ3n) is 3.62. The third kappa shape index (κ3) is 2.51. The summed E-state index contributed by atoms with van der Waals surface area (Å²) in [5, 5.41) is 9.88. The molecule has 1 N–H and O–H groups in total. The molecule has 0 radical (unpaired) electrons. The molecule has 0 amide bonds. The Morgan fingerprint density at radius 3 is 2.45 bits per heavy atom. The van der Waals surface area contributed by atoms with Crippen molar-refractivity contribution in [1.29, 1.82) is 0 Å². The molecule has 22 heavy (non-hydrogen) atoms. The number of hydrogen-bond acceptors (Lipinski definition) is 4. The summed E-state index contributed by atoms with van der Waals surface area (Å²) in [6, 6.07) is 16.2. The molecule has 2 aromatic carbocycles. The molecule has 1 heterocycles. The van der Waals surface area contributed by atoms with Crippen LogP contribution in [0.25, 0.3) is 6.08 Å². The maximum Gasteiger partial charge on any atom is 0.149 e. The summed E-state index contributed by atoms with van der Waals surface area (Å²) in [6.07, 6.45) is 2.62. The van der Waals surface area contributed by atoms with Crippen LogP contribution in [0.5, 0.6) is 5.75 Å². The molecule has 0 fully saturated rings. The lowest BCUT2D eigenvalue weighted by Crippen LogP contribution is -2.35. The van der Waals surface area contributed by atoms with Gasteiger partial charge in [-0.05, 0) is 31.2 Å². The Balaban J connectivity index is 2.01. The van der Waals surface area contributed by atoms with E-state index in [-0.39, 0.29) is 5.75 Å². The molecule has 1 unspecified atom stereocenters. The molecule has 4 nitrogen and oxygen atoms in total. The van der Waals surface area contributed by atoms with E-state index >= 15 is 0 Å². The van der Waals surface area contributed by atoms with Gasteiger partial charge in [-0.25, -0.2) is 4.99 Å². The molecular formula is C18H16N2O2. The molecule has 0 aliphatic carbocycles. The summed E-state index contributed by atoms with van der Waals surface area (Å²) in [4.78, 5) is 18.0. The van der Waals surface area contributed by atoms with E-state index in [0.717, 1.165) is 17.8 Å². The van der Waals surface area contributed by atoms with Crippen molar-refractivity contribution in [2.75, 3.05) is 4.90 Å². The van der Waals surface area contributed by atoms with Gasteiger partial charge < -0.3 is 14.8 Å². The number of amidine groups is 1. The van der Waals surface area contributed by atoms with Crippen molar-refractivity contribution in [2.24, 2.45) is 4.99 Å². The van der Waals surface area contributed by atoms with Crippen LogP contribution in [-0.4, -0.2) is 23.3 Å². The zero-order chi connectivity index (χ0) is 15.5. The topological polar surface area (TPSA) is 52.9 Å². The molecule has 0 saturated heterocycles. The van der Waals surface area contributed by atoms with Crippen LogP contribution in [0.2, 0.25) is 0 Å². The molecule has 0 saturated carbocycles. The number of carbonyl (C=O) groups excluding carboxylic acids is 1. The highest BCUT2D eigenvalue weighted by atomic mass is 16.3. The normalized spacial score (nSPS) is 19.3. The van der Waals surface area contributed by atoms with Crippen molar-refractivity contribution in [3.8, 4) is 5.75 Å². The third-order valence-corrected chi connectivity index (χ3v) is 3.62. The molecule has 0 spiro atoms. The fourth-order valence-electron chi connectivity index (χ4n) is 2.59. The smallest absolute Gasteiger partial charge is 0.149 e. The fourth-order valence-corrected chi connectivity index (χ4v) is 2.59. The Labute approximate surface area is 129 Å². The van der Waals surface area contributed by atoms with Gasteiger partial charge in [0.2, 0.25) is 0 Å². The first-order valence-electron chi connectivity index (χ1n) is 7.05. The van der Waals surface area contributed by atoms with E-state index in [1.807, 2.05) is 48.2 Å². The average Bonchev–Trinajstić information content (AvgIpc) is 2.85. The summed E-state index contributed by atoms with van der Waals surface area (Å²) in [5.74, 6) is 0.927. The van der Waals surface area contributed by atoms with Gasteiger partial charge in [0.05, 0.1) is 5.70 Å². The summed E-state index contributed by atoms with van der Waals surface area (Å²) in [5.41, 5.74) is 2.19. The van der Waals surface area contributed by atoms with Crippen LogP contribution in [0.1, 0.15) is 12.5 Å². The molecule has 4 heteroatoms. The quantitative estimate of drug-likeness (QED) is 0.884. The van der Waals surface area contributed by atoms with E-state index in [4.69, 9.17) is 0 Å². The van der Waals surface area contributed by atoms with Crippen LogP contribution in [0.3, 0.4) is 0 Å². The fraction of sp³-hybridized carbons (Fsp3) is 0.111.